The zero-order chi connectivity index (χ0) is 37.1. The van der Waals surface area contributed by atoms with Crippen LogP contribution in [0.4, 0.5) is 0 Å². The molecule has 8 aromatic rings. The van der Waals surface area contributed by atoms with Crippen molar-refractivity contribution in [2.45, 2.75) is 45.4 Å². The normalized spacial score (nSPS) is 17.4. The molecule has 9 rings (SSSR count). The van der Waals surface area contributed by atoms with Crippen molar-refractivity contribution in [3.63, 3.8) is 0 Å². The first-order valence-corrected chi connectivity index (χ1v) is 20.3. The van der Waals surface area contributed by atoms with Gasteiger partial charge in [0.05, 0.1) is 0 Å². The van der Waals surface area contributed by atoms with E-state index in [9.17, 15) is 0 Å². The molecule has 1 aliphatic carbocycles. The fourth-order valence-electron chi connectivity index (χ4n) is 8.34. The van der Waals surface area contributed by atoms with E-state index in [4.69, 9.17) is 15.0 Å². The monoisotopic (exact) mass is 729 g/mol. The first kappa shape index (κ1) is 34.8. The van der Waals surface area contributed by atoms with Crippen LogP contribution in [0.1, 0.15) is 62.1 Å². The molecule has 0 saturated carbocycles. The number of hydrogen-bond acceptors (Lipinski definition) is 4. The lowest BCUT2D eigenvalue weighted by molar-refractivity contribution is 0.553. The Morgan fingerprint density at radius 1 is 0.527 bits per heavy atom. The molecule has 0 amide bonds. The molecule has 0 spiro atoms. The van der Waals surface area contributed by atoms with Crippen molar-refractivity contribution in [3.05, 3.63) is 186 Å². The lowest BCUT2D eigenvalue weighted by Gasteiger charge is -2.25. The Kier molecular flexibility index (Phi) is 9.74. The van der Waals surface area contributed by atoms with Crippen LogP contribution in [-0.2, 0) is 0 Å². The number of fused-ring (bicyclic) bond motifs is 3. The van der Waals surface area contributed by atoms with E-state index < -0.39 is 0 Å². The Morgan fingerprint density at radius 2 is 1.11 bits per heavy atom. The molecule has 4 heteroatoms. The number of rotatable bonds is 7. The number of allylic oxidation sites excluding steroid dienone is 4. The van der Waals surface area contributed by atoms with E-state index in [-0.39, 0.29) is 5.92 Å². The maximum Gasteiger partial charge on any atom is 0.164 e. The second kappa shape index (κ2) is 15.4. The minimum atomic E-state index is 0.284. The standard InChI is InChI=1S/C51H43N3S/c1-3-35-30-43(36-16-7-4-8-17-36)32-40(27-26-34(2)48(35)37-18-9-5-10-19-37)39-22-15-23-41(31-39)50-52-49(38-20-11-6-12-21-38)53-51(54-50)42-28-29-45-44-24-13-14-25-46(44)55-47(45)33-42/h4-25,28-29,31-33,35,43H,3,26-27,30H2,1-2H3/b40-32+,48-34?. The number of thiophene rings is 1. The molecule has 268 valence electrons. The van der Waals surface area contributed by atoms with Crippen LogP contribution in [0.25, 0.3) is 65.5 Å². The highest BCUT2D eigenvalue weighted by molar-refractivity contribution is 7.25. The average Bonchev–Trinajstić information content (AvgIpc) is 3.65. The van der Waals surface area contributed by atoms with Crippen LogP contribution < -0.4 is 0 Å². The van der Waals surface area contributed by atoms with Gasteiger partial charge in [-0.2, -0.15) is 0 Å². The number of nitrogens with zero attached hydrogens (tertiary/aromatic N) is 3. The predicted octanol–water partition coefficient (Wildman–Crippen LogP) is 14.1. The van der Waals surface area contributed by atoms with Gasteiger partial charge in [0.1, 0.15) is 0 Å². The Morgan fingerprint density at radius 3 is 1.84 bits per heavy atom. The quantitative estimate of drug-likeness (QED) is 0.164. The summed E-state index contributed by atoms with van der Waals surface area (Å²) in [6.07, 6.45) is 6.69. The second-order valence-corrected chi connectivity index (χ2v) is 15.8. The first-order chi connectivity index (χ1) is 27.1. The summed E-state index contributed by atoms with van der Waals surface area (Å²) in [5.74, 6) is 2.78. The van der Waals surface area contributed by atoms with Crippen molar-refractivity contribution in [1.29, 1.82) is 0 Å². The summed E-state index contributed by atoms with van der Waals surface area (Å²) in [6.45, 7) is 4.71. The molecule has 0 radical (unpaired) electrons. The predicted molar refractivity (Wildman–Crippen MR) is 233 cm³/mol. The first-order valence-electron chi connectivity index (χ1n) is 19.5. The van der Waals surface area contributed by atoms with Gasteiger partial charge >= 0.3 is 0 Å². The van der Waals surface area contributed by atoms with Crippen LogP contribution in [0.5, 0.6) is 0 Å². The van der Waals surface area contributed by atoms with E-state index in [1.54, 1.807) is 0 Å². The highest BCUT2D eigenvalue weighted by atomic mass is 32.1. The third-order valence-electron chi connectivity index (χ3n) is 11.2. The Labute approximate surface area is 327 Å². The van der Waals surface area contributed by atoms with Gasteiger partial charge in [-0.05, 0) is 84.6 Å². The lowest BCUT2D eigenvalue weighted by atomic mass is 9.79. The van der Waals surface area contributed by atoms with Gasteiger partial charge in [-0.1, -0.05) is 158 Å². The van der Waals surface area contributed by atoms with Crippen LogP contribution in [0, 0.1) is 5.92 Å². The Bertz CT molecular complexity index is 2670. The van der Waals surface area contributed by atoms with E-state index in [2.05, 4.69) is 159 Å². The molecule has 0 bridgehead atoms. The fraction of sp³-hybridized carbons (Fsp3) is 0.157. The molecule has 55 heavy (non-hydrogen) atoms. The maximum atomic E-state index is 5.19. The summed E-state index contributed by atoms with van der Waals surface area (Å²) in [5, 5.41) is 2.55. The van der Waals surface area contributed by atoms with Crippen LogP contribution in [0.15, 0.2) is 169 Å². The number of hydrogen-bond donors (Lipinski definition) is 0. The SMILES string of the molecule is CCC1CC(c2ccccc2)/C=C(/c2cccc(-c3nc(-c4ccccc4)nc(-c4ccc5c(c4)sc4ccccc45)n3)c2)CCC(C)=C1c1ccccc1. The highest BCUT2D eigenvalue weighted by Gasteiger charge is 2.25. The van der Waals surface area contributed by atoms with Gasteiger partial charge in [-0.25, -0.2) is 15.0 Å². The molecule has 2 heterocycles. The van der Waals surface area contributed by atoms with Gasteiger partial charge < -0.3 is 0 Å². The summed E-state index contributed by atoms with van der Waals surface area (Å²) in [4.78, 5) is 15.4. The van der Waals surface area contributed by atoms with Crippen LogP contribution in [-0.4, -0.2) is 15.0 Å². The topological polar surface area (TPSA) is 38.7 Å². The molecule has 2 aromatic heterocycles. The molecular weight excluding hydrogens is 687 g/mol. The zero-order valence-corrected chi connectivity index (χ0v) is 32.1. The molecule has 0 aliphatic heterocycles. The largest absolute Gasteiger partial charge is 0.208 e. The van der Waals surface area contributed by atoms with Gasteiger partial charge in [0, 0.05) is 42.8 Å². The minimum Gasteiger partial charge on any atom is -0.208 e. The highest BCUT2D eigenvalue weighted by Crippen LogP contribution is 2.42. The summed E-state index contributed by atoms with van der Waals surface area (Å²) < 4.78 is 2.52. The van der Waals surface area contributed by atoms with Crippen molar-refractivity contribution >= 4 is 42.7 Å². The number of aromatic nitrogens is 3. The minimum absolute atomic E-state index is 0.284. The summed E-state index contributed by atoms with van der Waals surface area (Å²) in [5.41, 5.74) is 11.3. The summed E-state index contributed by atoms with van der Waals surface area (Å²) in [6, 6.07) is 56.5. The molecule has 0 N–H and O–H groups in total. The fourth-order valence-corrected chi connectivity index (χ4v) is 9.49. The van der Waals surface area contributed by atoms with Gasteiger partial charge in [0.2, 0.25) is 0 Å². The summed E-state index contributed by atoms with van der Waals surface area (Å²) >= 11 is 1.81. The zero-order valence-electron chi connectivity index (χ0n) is 31.3. The van der Waals surface area contributed by atoms with Crippen LogP contribution in [0.3, 0.4) is 0 Å². The third kappa shape index (κ3) is 7.18. The Balaban J connectivity index is 1.15. The molecule has 2 unspecified atom stereocenters. The van der Waals surface area contributed by atoms with Crippen molar-refractivity contribution < 1.29 is 0 Å². The van der Waals surface area contributed by atoms with Gasteiger partial charge in [-0.3, -0.25) is 0 Å². The molecule has 3 nitrogen and oxygen atoms in total. The van der Waals surface area contributed by atoms with Gasteiger partial charge in [0.25, 0.3) is 0 Å². The van der Waals surface area contributed by atoms with E-state index in [1.807, 2.05) is 29.5 Å². The van der Waals surface area contributed by atoms with Gasteiger partial charge in [-0.15, -0.1) is 11.3 Å². The maximum absolute atomic E-state index is 5.19. The van der Waals surface area contributed by atoms with Crippen molar-refractivity contribution in [1.82, 2.24) is 15.0 Å². The third-order valence-corrected chi connectivity index (χ3v) is 12.3. The van der Waals surface area contributed by atoms with Crippen LogP contribution in [0.2, 0.25) is 0 Å². The molecule has 0 saturated heterocycles. The molecular formula is C51H43N3S. The van der Waals surface area contributed by atoms with E-state index in [0.717, 1.165) is 42.4 Å². The van der Waals surface area contributed by atoms with Crippen molar-refractivity contribution in [2.75, 3.05) is 0 Å². The molecule has 0 fully saturated rings. The molecule has 6 aromatic carbocycles. The molecule has 1 aliphatic rings. The summed E-state index contributed by atoms with van der Waals surface area (Å²) in [7, 11) is 0. The molecule has 2 atom stereocenters. The van der Waals surface area contributed by atoms with Crippen molar-refractivity contribution in [3.8, 4) is 34.2 Å². The average molecular weight is 730 g/mol. The second-order valence-electron chi connectivity index (χ2n) is 14.7. The van der Waals surface area contributed by atoms with E-state index >= 15 is 0 Å². The Hall–Kier alpha value is -5.97. The lowest BCUT2D eigenvalue weighted by Crippen LogP contribution is -2.09. The number of benzene rings is 6. The smallest absolute Gasteiger partial charge is 0.164 e. The van der Waals surface area contributed by atoms with Crippen molar-refractivity contribution in [2.24, 2.45) is 5.92 Å². The van der Waals surface area contributed by atoms with Crippen LogP contribution >= 0.6 is 11.3 Å². The van der Waals surface area contributed by atoms with Gasteiger partial charge in [0.15, 0.2) is 17.5 Å². The van der Waals surface area contributed by atoms with E-state index in [1.165, 1.54) is 53.6 Å². The van der Waals surface area contributed by atoms with E-state index in [0.29, 0.717) is 23.4 Å².